The van der Waals surface area contributed by atoms with Gasteiger partial charge in [0.25, 0.3) is 0 Å². The lowest BCUT2D eigenvalue weighted by atomic mass is 9.87. The topological polar surface area (TPSA) is 32.8 Å². The normalized spacial score (nSPS) is 22.3. The summed E-state index contributed by atoms with van der Waals surface area (Å²) < 4.78 is 5.72. The smallest absolute Gasteiger partial charge is 0.236 e. The average molecular weight is 325 g/mol. The Balaban J connectivity index is 1.65. The van der Waals surface area contributed by atoms with Crippen molar-refractivity contribution in [3.63, 3.8) is 0 Å². The van der Waals surface area contributed by atoms with Crippen molar-refractivity contribution in [2.24, 2.45) is 17.8 Å². The lowest BCUT2D eigenvalue weighted by Crippen LogP contribution is -2.46. The summed E-state index contributed by atoms with van der Waals surface area (Å²) >= 11 is 0. The second-order valence-electron chi connectivity index (χ2n) is 8.06. The van der Waals surface area contributed by atoms with Gasteiger partial charge in [0.1, 0.15) is 0 Å². The summed E-state index contributed by atoms with van der Waals surface area (Å²) in [6.07, 6.45) is 4.99. The first-order valence-electron chi connectivity index (χ1n) is 9.57. The van der Waals surface area contributed by atoms with Crippen LogP contribution in [0.2, 0.25) is 0 Å². The van der Waals surface area contributed by atoms with Crippen molar-refractivity contribution in [1.82, 2.24) is 9.80 Å². The Bertz CT molecular complexity index is 354. The van der Waals surface area contributed by atoms with Gasteiger partial charge < -0.3 is 9.64 Å². The van der Waals surface area contributed by atoms with Crippen LogP contribution in [0, 0.1) is 17.8 Å². The van der Waals surface area contributed by atoms with Gasteiger partial charge in [-0.05, 0) is 70.4 Å². The molecule has 4 nitrogen and oxygen atoms in total. The SMILES string of the molecule is CC(C)OCC1CCN(C(=O)CN2CCC(C(C)C)CC2)CC1. The molecule has 134 valence electrons. The van der Waals surface area contributed by atoms with E-state index in [0.717, 1.165) is 57.5 Å². The van der Waals surface area contributed by atoms with Crippen LogP contribution in [-0.4, -0.2) is 61.1 Å². The molecule has 23 heavy (non-hydrogen) atoms. The third kappa shape index (κ3) is 6.07. The molecule has 0 radical (unpaired) electrons. The zero-order valence-corrected chi connectivity index (χ0v) is 15.6. The Kier molecular flexibility index (Phi) is 7.35. The largest absolute Gasteiger partial charge is 0.379 e. The summed E-state index contributed by atoms with van der Waals surface area (Å²) in [4.78, 5) is 16.9. The molecule has 0 aromatic rings. The van der Waals surface area contributed by atoms with Gasteiger partial charge in [0, 0.05) is 19.7 Å². The van der Waals surface area contributed by atoms with Crippen molar-refractivity contribution in [2.45, 2.75) is 59.5 Å². The van der Waals surface area contributed by atoms with Crippen molar-refractivity contribution in [1.29, 1.82) is 0 Å². The van der Waals surface area contributed by atoms with E-state index in [2.05, 4.69) is 37.5 Å². The minimum atomic E-state index is 0.309. The van der Waals surface area contributed by atoms with Crippen LogP contribution in [0.5, 0.6) is 0 Å². The maximum absolute atomic E-state index is 12.5. The second-order valence-corrected chi connectivity index (χ2v) is 8.06. The van der Waals surface area contributed by atoms with E-state index < -0.39 is 0 Å². The van der Waals surface area contributed by atoms with E-state index in [0.29, 0.717) is 24.5 Å². The second kappa shape index (κ2) is 9.03. The number of carbonyl (C=O) groups excluding carboxylic acids is 1. The van der Waals surface area contributed by atoms with Gasteiger partial charge in [-0.15, -0.1) is 0 Å². The molecule has 0 N–H and O–H groups in total. The quantitative estimate of drug-likeness (QED) is 0.753. The molecule has 2 fully saturated rings. The minimum absolute atomic E-state index is 0.309. The van der Waals surface area contributed by atoms with Crippen molar-refractivity contribution < 1.29 is 9.53 Å². The van der Waals surface area contributed by atoms with E-state index in [1.807, 2.05) is 0 Å². The van der Waals surface area contributed by atoms with Crippen molar-refractivity contribution >= 4 is 5.91 Å². The van der Waals surface area contributed by atoms with Crippen LogP contribution < -0.4 is 0 Å². The number of nitrogens with zero attached hydrogens (tertiary/aromatic N) is 2. The molecular formula is C19H36N2O2. The standard InChI is InChI=1S/C19H36N2O2/c1-15(2)18-7-9-20(10-8-18)13-19(22)21-11-5-17(6-12-21)14-23-16(3)4/h15-18H,5-14H2,1-4H3. The first kappa shape index (κ1) is 18.7. The molecule has 2 aliphatic rings. The summed E-state index contributed by atoms with van der Waals surface area (Å²) in [5, 5.41) is 0. The molecule has 0 atom stereocenters. The predicted octanol–water partition coefficient (Wildman–Crippen LogP) is 3.02. The molecule has 4 heteroatoms. The Morgan fingerprint density at radius 3 is 2.13 bits per heavy atom. The summed E-state index contributed by atoms with van der Waals surface area (Å²) in [6, 6.07) is 0. The number of hydrogen-bond donors (Lipinski definition) is 0. The Hall–Kier alpha value is -0.610. The molecule has 0 saturated carbocycles. The van der Waals surface area contributed by atoms with Gasteiger partial charge in [0.15, 0.2) is 0 Å². The zero-order chi connectivity index (χ0) is 16.8. The van der Waals surface area contributed by atoms with Gasteiger partial charge in [-0.2, -0.15) is 0 Å². The number of likely N-dealkylation sites (tertiary alicyclic amines) is 2. The lowest BCUT2D eigenvalue weighted by molar-refractivity contribution is -0.134. The fourth-order valence-electron chi connectivity index (χ4n) is 3.75. The molecule has 0 spiro atoms. The molecule has 0 aliphatic carbocycles. The van der Waals surface area contributed by atoms with Crippen LogP contribution >= 0.6 is 0 Å². The number of ether oxygens (including phenoxy) is 1. The summed E-state index contributed by atoms with van der Waals surface area (Å²) in [6.45, 7) is 14.3. The molecule has 0 unspecified atom stereocenters. The molecule has 0 bridgehead atoms. The van der Waals surface area contributed by atoms with E-state index >= 15 is 0 Å². The highest BCUT2D eigenvalue weighted by atomic mass is 16.5. The minimum Gasteiger partial charge on any atom is -0.379 e. The van der Waals surface area contributed by atoms with Crippen LogP contribution in [0.1, 0.15) is 53.4 Å². The number of piperidine rings is 2. The Labute approximate surface area is 142 Å². The molecule has 0 aromatic carbocycles. The third-order valence-corrected chi connectivity index (χ3v) is 5.57. The Morgan fingerprint density at radius 1 is 1.00 bits per heavy atom. The van der Waals surface area contributed by atoms with Crippen LogP contribution in [0.4, 0.5) is 0 Å². The fraction of sp³-hybridized carbons (Fsp3) is 0.947. The highest BCUT2D eigenvalue weighted by molar-refractivity contribution is 5.78. The third-order valence-electron chi connectivity index (χ3n) is 5.57. The Morgan fingerprint density at radius 2 is 1.61 bits per heavy atom. The zero-order valence-electron chi connectivity index (χ0n) is 15.6. The summed E-state index contributed by atoms with van der Waals surface area (Å²) in [5.41, 5.74) is 0. The highest BCUT2D eigenvalue weighted by Gasteiger charge is 2.27. The summed E-state index contributed by atoms with van der Waals surface area (Å²) in [7, 11) is 0. The van der Waals surface area contributed by atoms with Crippen molar-refractivity contribution in [3.8, 4) is 0 Å². The molecule has 2 saturated heterocycles. The van der Waals surface area contributed by atoms with Crippen molar-refractivity contribution in [2.75, 3.05) is 39.3 Å². The van der Waals surface area contributed by atoms with Gasteiger partial charge in [-0.25, -0.2) is 0 Å². The van der Waals surface area contributed by atoms with Crippen LogP contribution in [0.25, 0.3) is 0 Å². The number of amides is 1. The van der Waals surface area contributed by atoms with E-state index in [1.165, 1.54) is 12.8 Å². The maximum Gasteiger partial charge on any atom is 0.236 e. The van der Waals surface area contributed by atoms with Crippen LogP contribution in [-0.2, 0) is 9.53 Å². The van der Waals surface area contributed by atoms with E-state index in [-0.39, 0.29) is 0 Å². The summed E-state index contributed by atoms with van der Waals surface area (Å²) in [5.74, 6) is 2.58. The molecule has 1 amide bonds. The highest BCUT2D eigenvalue weighted by Crippen LogP contribution is 2.24. The molecule has 2 aliphatic heterocycles. The van der Waals surface area contributed by atoms with Gasteiger partial charge in [-0.3, -0.25) is 9.69 Å². The predicted molar refractivity (Wildman–Crippen MR) is 94.4 cm³/mol. The fourth-order valence-corrected chi connectivity index (χ4v) is 3.75. The number of rotatable bonds is 6. The van der Waals surface area contributed by atoms with Crippen LogP contribution in [0.3, 0.4) is 0 Å². The van der Waals surface area contributed by atoms with Gasteiger partial charge in [0.05, 0.1) is 12.6 Å². The lowest BCUT2D eigenvalue weighted by Gasteiger charge is -2.36. The molecule has 2 rings (SSSR count). The monoisotopic (exact) mass is 324 g/mol. The maximum atomic E-state index is 12.5. The molecule has 0 aromatic heterocycles. The van der Waals surface area contributed by atoms with Crippen molar-refractivity contribution in [3.05, 3.63) is 0 Å². The average Bonchev–Trinajstić information content (AvgIpc) is 2.54. The van der Waals surface area contributed by atoms with E-state index in [9.17, 15) is 4.79 Å². The van der Waals surface area contributed by atoms with Gasteiger partial charge >= 0.3 is 0 Å². The van der Waals surface area contributed by atoms with E-state index in [1.54, 1.807) is 0 Å². The van der Waals surface area contributed by atoms with E-state index in [4.69, 9.17) is 4.74 Å². The molecular weight excluding hydrogens is 288 g/mol. The first-order chi connectivity index (χ1) is 11.0. The van der Waals surface area contributed by atoms with Crippen LogP contribution in [0.15, 0.2) is 0 Å². The number of carbonyl (C=O) groups is 1. The van der Waals surface area contributed by atoms with Gasteiger partial charge in [0.2, 0.25) is 5.91 Å². The van der Waals surface area contributed by atoms with Gasteiger partial charge in [-0.1, -0.05) is 13.8 Å². The molecule has 2 heterocycles. The number of hydrogen-bond acceptors (Lipinski definition) is 3. The first-order valence-corrected chi connectivity index (χ1v) is 9.57.